The number of hydrogen-bond acceptors (Lipinski definition) is 3. The molecule has 0 saturated carbocycles. The van der Waals surface area contributed by atoms with Gasteiger partial charge in [0.05, 0.1) is 5.60 Å². The Kier molecular flexibility index (Phi) is 3.97. The summed E-state index contributed by atoms with van der Waals surface area (Å²) in [7, 11) is 0. The van der Waals surface area contributed by atoms with Gasteiger partial charge in [-0.3, -0.25) is 9.69 Å². The molecule has 1 unspecified atom stereocenters. The maximum Gasteiger partial charge on any atom is 0.324 e. The second-order valence-electron chi connectivity index (χ2n) is 5.34. The molecule has 1 aliphatic heterocycles. The first-order chi connectivity index (χ1) is 7.32. The van der Waals surface area contributed by atoms with E-state index in [1.807, 2.05) is 11.8 Å². The summed E-state index contributed by atoms with van der Waals surface area (Å²) in [5, 5.41) is 19.0. The quantitative estimate of drug-likeness (QED) is 0.749. The summed E-state index contributed by atoms with van der Waals surface area (Å²) in [5.74, 6) is -0.719. The molecule has 1 saturated heterocycles. The molecule has 1 fully saturated rings. The van der Waals surface area contributed by atoms with Crippen LogP contribution >= 0.6 is 0 Å². The molecule has 1 rings (SSSR count). The van der Waals surface area contributed by atoms with Crippen LogP contribution < -0.4 is 0 Å². The Bertz CT molecular complexity index is 259. The van der Waals surface area contributed by atoms with Gasteiger partial charge in [0.15, 0.2) is 0 Å². The Labute approximate surface area is 97.3 Å². The molecule has 0 bridgehead atoms. The van der Waals surface area contributed by atoms with Crippen LogP contribution in [0, 0.1) is 0 Å². The summed E-state index contributed by atoms with van der Waals surface area (Å²) in [6.45, 7) is 6.94. The molecule has 0 amide bonds. The van der Waals surface area contributed by atoms with Gasteiger partial charge in [0, 0.05) is 6.54 Å². The highest BCUT2D eigenvalue weighted by molar-refractivity contribution is 5.79. The number of nitrogens with zero attached hydrogens (tertiary/aromatic N) is 1. The molecule has 0 aromatic rings. The number of carbonyl (C=O) groups is 1. The van der Waals surface area contributed by atoms with Crippen molar-refractivity contribution in [3.63, 3.8) is 0 Å². The van der Waals surface area contributed by atoms with Gasteiger partial charge in [0.2, 0.25) is 0 Å². The van der Waals surface area contributed by atoms with Crippen LogP contribution in [0.4, 0.5) is 0 Å². The number of carboxylic acids is 1. The largest absolute Gasteiger partial charge is 0.480 e. The van der Waals surface area contributed by atoms with Crippen molar-refractivity contribution in [3.8, 4) is 0 Å². The van der Waals surface area contributed by atoms with Crippen LogP contribution in [0.3, 0.4) is 0 Å². The van der Waals surface area contributed by atoms with Crippen molar-refractivity contribution in [1.82, 2.24) is 4.90 Å². The Morgan fingerprint density at radius 1 is 1.50 bits per heavy atom. The van der Waals surface area contributed by atoms with E-state index in [9.17, 15) is 15.0 Å². The first kappa shape index (κ1) is 13.5. The predicted octanol–water partition coefficient (Wildman–Crippen LogP) is 1.48. The molecular weight excluding hydrogens is 206 g/mol. The van der Waals surface area contributed by atoms with Gasteiger partial charge in [-0.15, -0.1) is 0 Å². The summed E-state index contributed by atoms with van der Waals surface area (Å²) < 4.78 is 0. The van der Waals surface area contributed by atoms with Crippen LogP contribution in [-0.4, -0.2) is 45.3 Å². The zero-order chi connectivity index (χ0) is 12.4. The van der Waals surface area contributed by atoms with Gasteiger partial charge in [0.25, 0.3) is 0 Å². The molecule has 4 nitrogen and oxygen atoms in total. The molecule has 0 aliphatic carbocycles. The van der Waals surface area contributed by atoms with Crippen molar-refractivity contribution in [1.29, 1.82) is 0 Å². The van der Waals surface area contributed by atoms with Crippen molar-refractivity contribution in [2.45, 2.75) is 57.6 Å². The lowest BCUT2D eigenvalue weighted by Gasteiger charge is -2.35. The van der Waals surface area contributed by atoms with Crippen LogP contribution in [0.15, 0.2) is 0 Å². The smallest absolute Gasteiger partial charge is 0.324 e. The third-order valence-electron chi connectivity index (χ3n) is 3.60. The summed E-state index contributed by atoms with van der Waals surface area (Å²) in [4.78, 5) is 13.4. The van der Waals surface area contributed by atoms with Crippen molar-refractivity contribution < 1.29 is 15.0 Å². The SMILES string of the molecule is CCC1(C(=O)O)CCCN1CCC(C)(C)O. The number of hydrogen-bond donors (Lipinski definition) is 2. The van der Waals surface area contributed by atoms with E-state index in [0.29, 0.717) is 19.4 Å². The van der Waals surface area contributed by atoms with Crippen LogP contribution in [0.25, 0.3) is 0 Å². The molecule has 1 atom stereocenters. The van der Waals surface area contributed by atoms with E-state index in [1.165, 1.54) is 0 Å². The standard InChI is InChI=1S/C12H23NO3/c1-4-12(10(14)15)6-5-8-13(12)9-7-11(2,3)16/h16H,4-9H2,1-3H3,(H,14,15). The van der Waals surface area contributed by atoms with Gasteiger partial charge in [-0.1, -0.05) is 6.92 Å². The number of aliphatic carboxylic acids is 1. The minimum Gasteiger partial charge on any atom is -0.480 e. The molecule has 0 radical (unpaired) electrons. The molecule has 16 heavy (non-hydrogen) atoms. The van der Waals surface area contributed by atoms with E-state index in [0.717, 1.165) is 19.4 Å². The second-order valence-corrected chi connectivity index (χ2v) is 5.34. The molecule has 0 aromatic carbocycles. The Hall–Kier alpha value is -0.610. The first-order valence-electron chi connectivity index (χ1n) is 6.03. The highest BCUT2D eigenvalue weighted by Gasteiger charge is 2.45. The number of aliphatic hydroxyl groups is 1. The number of rotatable bonds is 5. The van der Waals surface area contributed by atoms with Crippen molar-refractivity contribution in [3.05, 3.63) is 0 Å². The van der Waals surface area contributed by atoms with E-state index in [-0.39, 0.29) is 0 Å². The Morgan fingerprint density at radius 2 is 2.12 bits per heavy atom. The highest BCUT2D eigenvalue weighted by atomic mass is 16.4. The first-order valence-corrected chi connectivity index (χ1v) is 6.03. The molecule has 1 aliphatic rings. The lowest BCUT2D eigenvalue weighted by molar-refractivity contribution is -0.150. The van der Waals surface area contributed by atoms with E-state index in [4.69, 9.17) is 0 Å². The normalized spacial score (nSPS) is 27.2. The lowest BCUT2D eigenvalue weighted by Crippen LogP contribution is -2.51. The van der Waals surface area contributed by atoms with Gasteiger partial charge in [-0.2, -0.15) is 0 Å². The van der Waals surface area contributed by atoms with E-state index >= 15 is 0 Å². The highest BCUT2D eigenvalue weighted by Crippen LogP contribution is 2.33. The fourth-order valence-corrected chi connectivity index (χ4v) is 2.46. The van der Waals surface area contributed by atoms with Crippen LogP contribution in [0.2, 0.25) is 0 Å². The molecule has 4 heteroatoms. The van der Waals surface area contributed by atoms with Gasteiger partial charge < -0.3 is 10.2 Å². The minimum atomic E-state index is -0.722. The van der Waals surface area contributed by atoms with E-state index < -0.39 is 17.1 Å². The molecule has 1 heterocycles. The number of carboxylic acid groups (broad SMARTS) is 1. The van der Waals surface area contributed by atoms with Crippen LogP contribution in [0.1, 0.15) is 46.5 Å². The van der Waals surface area contributed by atoms with Crippen molar-refractivity contribution in [2.75, 3.05) is 13.1 Å². The second kappa shape index (κ2) is 4.72. The van der Waals surface area contributed by atoms with Gasteiger partial charge >= 0.3 is 5.97 Å². The summed E-state index contributed by atoms with van der Waals surface area (Å²) in [5.41, 5.74) is -1.41. The molecule has 0 spiro atoms. The Balaban J connectivity index is 2.68. The number of likely N-dealkylation sites (tertiary alicyclic amines) is 1. The maximum absolute atomic E-state index is 11.4. The van der Waals surface area contributed by atoms with E-state index in [1.54, 1.807) is 13.8 Å². The molecule has 2 N–H and O–H groups in total. The summed E-state index contributed by atoms with van der Waals surface area (Å²) in [6.07, 6.45) is 2.91. The van der Waals surface area contributed by atoms with Gasteiger partial charge in [-0.25, -0.2) is 0 Å². The van der Waals surface area contributed by atoms with Crippen molar-refractivity contribution >= 4 is 5.97 Å². The minimum absolute atomic E-state index is 0.613. The third kappa shape index (κ3) is 2.74. The fraction of sp³-hybridized carbons (Fsp3) is 0.917. The third-order valence-corrected chi connectivity index (χ3v) is 3.60. The predicted molar refractivity (Wildman–Crippen MR) is 62.4 cm³/mol. The zero-order valence-electron chi connectivity index (χ0n) is 10.5. The van der Waals surface area contributed by atoms with Crippen LogP contribution in [-0.2, 0) is 4.79 Å². The van der Waals surface area contributed by atoms with Gasteiger partial charge in [0.1, 0.15) is 5.54 Å². The van der Waals surface area contributed by atoms with Crippen molar-refractivity contribution in [2.24, 2.45) is 0 Å². The lowest BCUT2D eigenvalue weighted by atomic mass is 9.92. The molecule has 94 valence electrons. The maximum atomic E-state index is 11.4. The molecular formula is C12H23NO3. The summed E-state index contributed by atoms with van der Waals surface area (Å²) >= 11 is 0. The zero-order valence-corrected chi connectivity index (χ0v) is 10.5. The van der Waals surface area contributed by atoms with Crippen LogP contribution in [0.5, 0.6) is 0 Å². The fourth-order valence-electron chi connectivity index (χ4n) is 2.46. The van der Waals surface area contributed by atoms with E-state index in [2.05, 4.69) is 0 Å². The molecule has 0 aromatic heterocycles. The summed E-state index contributed by atoms with van der Waals surface area (Å²) in [6, 6.07) is 0. The average molecular weight is 229 g/mol. The topological polar surface area (TPSA) is 60.8 Å². The Morgan fingerprint density at radius 3 is 2.56 bits per heavy atom. The monoisotopic (exact) mass is 229 g/mol. The van der Waals surface area contributed by atoms with Gasteiger partial charge in [-0.05, 0) is 46.1 Å². The average Bonchev–Trinajstić information content (AvgIpc) is 2.57.